The Balaban J connectivity index is 1.19. The summed E-state index contributed by atoms with van der Waals surface area (Å²) >= 11 is 0. The molecule has 2 saturated heterocycles. The van der Waals surface area contributed by atoms with Crippen LogP contribution >= 0.6 is 0 Å². The summed E-state index contributed by atoms with van der Waals surface area (Å²) in [5.74, 6) is 4.83. The molecule has 2 heterocycles. The van der Waals surface area contributed by atoms with Gasteiger partial charge in [0.15, 0.2) is 12.6 Å². The fourth-order valence-corrected chi connectivity index (χ4v) is 11.4. The lowest BCUT2D eigenvalue weighted by Gasteiger charge is -2.63. The number of hydrogen-bond donors (Lipinski definition) is 0. The van der Waals surface area contributed by atoms with Gasteiger partial charge < -0.3 is 18.9 Å². The number of hydrogen-bond acceptors (Lipinski definition) is 5. The number of fused-ring (bicyclic) bond motifs is 5. The zero-order chi connectivity index (χ0) is 29.5. The maximum Gasteiger partial charge on any atom is 0.157 e. The molecule has 12 atom stereocenters. The zero-order valence-electron chi connectivity index (χ0n) is 27.6. The zero-order valence-corrected chi connectivity index (χ0v) is 27.6. The van der Waals surface area contributed by atoms with Crippen molar-refractivity contribution in [3.05, 3.63) is 0 Å². The van der Waals surface area contributed by atoms with Crippen molar-refractivity contribution in [1.82, 2.24) is 0 Å². The molecule has 0 aromatic rings. The van der Waals surface area contributed by atoms with E-state index in [1.807, 2.05) is 0 Å². The molecule has 0 amide bonds. The molecule has 4 aliphatic carbocycles. The lowest BCUT2D eigenvalue weighted by molar-refractivity contribution is -0.261. The second-order valence-electron chi connectivity index (χ2n) is 16.4. The molecule has 0 radical (unpaired) electrons. The molecule has 2 aliphatic heterocycles. The molecule has 0 spiro atoms. The van der Waals surface area contributed by atoms with Crippen molar-refractivity contribution in [1.29, 1.82) is 0 Å². The minimum absolute atomic E-state index is 0.00544. The van der Waals surface area contributed by atoms with Gasteiger partial charge in [0.25, 0.3) is 0 Å². The van der Waals surface area contributed by atoms with Gasteiger partial charge in [0.2, 0.25) is 0 Å². The summed E-state index contributed by atoms with van der Waals surface area (Å²) in [7, 11) is 0. The van der Waals surface area contributed by atoms with Crippen LogP contribution in [0.25, 0.3) is 0 Å². The van der Waals surface area contributed by atoms with Crippen molar-refractivity contribution in [2.75, 3.05) is 13.2 Å². The number of carbonyl (C=O) groups is 1. The molecule has 0 aromatic heterocycles. The number of rotatable bonds is 9. The quantitative estimate of drug-likeness (QED) is 0.253. The summed E-state index contributed by atoms with van der Waals surface area (Å²) in [5, 5.41) is 0. The van der Waals surface area contributed by atoms with E-state index in [0.717, 1.165) is 81.8 Å². The lowest BCUT2D eigenvalue weighted by atomic mass is 9.43. The Bertz CT molecular complexity index is 908. The maximum absolute atomic E-state index is 12.5. The molecular weight excluding hydrogens is 524 g/mol. The van der Waals surface area contributed by atoms with E-state index in [2.05, 4.69) is 34.6 Å². The molecule has 0 aromatic carbocycles. The van der Waals surface area contributed by atoms with Crippen LogP contribution in [0.15, 0.2) is 0 Å². The van der Waals surface area contributed by atoms with E-state index >= 15 is 0 Å². The van der Waals surface area contributed by atoms with Gasteiger partial charge in [0.1, 0.15) is 5.78 Å². The van der Waals surface area contributed by atoms with Crippen LogP contribution in [0.1, 0.15) is 137 Å². The van der Waals surface area contributed by atoms with E-state index in [9.17, 15) is 4.79 Å². The Morgan fingerprint density at radius 1 is 0.762 bits per heavy atom. The molecule has 42 heavy (non-hydrogen) atoms. The van der Waals surface area contributed by atoms with E-state index in [0.29, 0.717) is 34.6 Å². The van der Waals surface area contributed by atoms with E-state index in [4.69, 9.17) is 18.9 Å². The highest BCUT2D eigenvalue weighted by atomic mass is 16.7. The fourth-order valence-electron chi connectivity index (χ4n) is 11.4. The molecule has 5 heteroatoms. The van der Waals surface area contributed by atoms with Crippen LogP contribution in [0.5, 0.6) is 0 Å². The largest absolute Gasteiger partial charge is 0.353 e. The van der Waals surface area contributed by atoms with Gasteiger partial charge in [-0.2, -0.15) is 0 Å². The molecule has 240 valence electrons. The standard InChI is InChI=1S/C37H62O5/c1-24(2)32(38)15-12-25(3)28-13-14-29-27-23-33(42-35-11-7-9-21-40-35)31-22-26(41-34-10-6-8-20-39-34)16-18-37(31,5)30(27)17-19-36(28,29)4/h24-31,33-35H,6-23H2,1-5H3/t25-,26-,27+,28-,29+,30+,31+,33-,34?,35?,36-,37-/m1/s1. The highest BCUT2D eigenvalue weighted by Crippen LogP contribution is 2.69. The van der Waals surface area contributed by atoms with Crippen molar-refractivity contribution in [3.63, 3.8) is 0 Å². The number of carbonyl (C=O) groups excluding carboxylic acids is 1. The average molecular weight is 587 g/mol. The Morgan fingerprint density at radius 2 is 1.43 bits per heavy atom. The first-order valence-electron chi connectivity index (χ1n) is 18.3. The van der Waals surface area contributed by atoms with Crippen molar-refractivity contribution >= 4 is 5.78 Å². The van der Waals surface area contributed by atoms with Crippen LogP contribution in [0.4, 0.5) is 0 Å². The van der Waals surface area contributed by atoms with E-state index in [-0.39, 0.29) is 24.6 Å². The topological polar surface area (TPSA) is 54.0 Å². The summed E-state index contributed by atoms with van der Waals surface area (Å²) in [6.07, 6.45) is 19.4. The monoisotopic (exact) mass is 586 g/mol. The van der Waals surface area contributed by atoms with Crippen molar-refractivity contribution in [2.24, 2.45) is 52.3 Å². The number of Topliss-reactive ketones (excluding diaryl/α,β-unsaturated/α-hetero) is 1. The van der Waals surface area contributed by atoms with Gasteiger partial charge in [-0.25, -0.2) is 0 Å². The van der Waals surface area contributed by atoms with Gasteiger partial charge in [-0.15, -0.1) is 0 Å². The van der Waals surface area contributed by atoms with Crippen LogP contribution in [0.3, 0.4) is 0 Å². The van der Waals surface area contributed by atoms with Gasteiger partial charge in [-0.05, 0) is 143 Å². The Hall–Kier alpha value is -0.490. The van der Waals surface area contributed by atoms with Crippen LogP contribution in [0, 0.1) is 52.3 Å². The third-order valence-electron chi connectivity index (χ3n) is 13.8. The first-order valence-corrected chi connectivity index (χ1v) is 18.3. The smallest absolute Gasteiger partial charge is 0.157 e. The first-order chi connectivity index (χ1) is 20.2. The molecule has 6 fully saturated rings. The number of ketones is 1. The third-order valence-corrected chi connectivity index (χ3v) is 13.8. The van der Waals surface area contributed by atoms with Crippen molar-refractivity contribution < 1.29 is 23.7 Å². The second-order valence-corrected chi connectivity index (χ2v) is 16.4. The molecular formula is C37H62O5. The molecule has 6 aliphatic rings. The Kier molecular flexibility index (Phi) is 9.81. The van der Waals surface area contributed by atoms with Crippen LogP contribution < -0.4 is 0 Å². The van der Waals surface area contributed by atoms with Gasteiger partial charge in [-0.1, -0.05) is 34.6 Å². The average Bonchev–Trinajstić information content (AvgIpc) is 3.35. The molecule has 2 unspecified atom stereocenters. The van der Waals surface area contributed by atoms with Crippen LogP contribution in [-0.2, 0) is 23.7 Å². The molecule has 5 nitrogen and oxygen atoms in total. The lowest BCUT2D eigenvalue weighted by Crippen LogP contribution is -2.59. The van der Waals surface area contributed by atoms with Crippen LogP contribution in [0.2, 0.25) is 0 Å². The minimum atomic E-state index is -0.0302. The van der Waals surface area contributed by atoms with Gasteiger partial charge in [-0.3, -0.25) is 4.79 Å². The third kappa shape index (κ3) is 6.16. The maximum atomic E-state index is 12.5. The second kappa shape index (κ2) is 13.1. The first kappa shape index (κ1) is 31.5. The van der Waals surface area contributed by atoms with Crippen molar-refractivity contribution in [2.45, 2.75) is 162 Å². The van der Waals surface area contributed by atoms with E-state index < -0.39 is 0 Å². The van der Waals surface area contributed by atoms with Crippen molar-refractivity contribution in [3.8, 4) is 0 Å². The summed E-state index contributed by atoms with van der Waals surface area (Å²) in [5.41, 5.74) is 0.708. The Morgan fingerprint density at radius 3 is 2.10 bits per heavy atom. The highest BCUT2D eigenvalue weighted by Gasteiger charge is 2.63. The summed E-state index contributed by atoms with van der Waals surface area (Å²) in [6.45, 7) is 13.6. The van der Waals surface area contributed by atoms with E-state index in [1.165, 1.54) is 57.8 Å². The molecule has 0 N–H and O–H groups in total. The summed E-state index contributed by atoms with van der Waals surface area (Å²) < 4.78 is 25.9. The predicted octanol–water partition coefficient (Wildman–Crippen LogP) is 8.72. The van der Waals surface area contributed by atoms with Gasteiger partial charge >= 0.3 is 0 Å². The number of ether oxygens (including phenoxy) is 4. The van der Waals surface area contributed by atoms with E-state index in [1.54, 1.807) is 0 Å². The van der Waals surface area contributed by atoms with Gasteiger partial charge in [0, 0.05) is 25.6 Å². The minimum Gasteiger partial charge on any atom is -0.353 e. The molecule has 4 saturated carbocycles. The predicted molar refractivity (Wildman–Crippen MR) is 166 cm³/mol. The molecule has 0 bridgehead atoms. The van der Waals surface area contributed by atoms with Crippen LogP contribution in [-0.4, -0.2) is 43.8 Å². The molecule has 6 rings (SSSR count). The summed E-state index contributed by atoms with van der Waals surface area (Å²) in [4.78, 5) is 12.5. The summed E-state index contributed by atoms with van der Waals surface area (Å²) in [6, 6.07) is 0. The normalized spacial score (nSPS) is 46.5. The van der Waals surface area contributed by atoms with Gasteiger partial charge in [0.05, 0.1) is 12.2 Å². The SMILES string of the molecule is CC(C)C(=O)CC[C@@H](C)[C@H]1CC[C@H]2[C@@H]3C[C@@H](OC4CCCCO4)[C@@H]4C[C@H](OC5CCCCO5)CC[C@]4(C)[C@H]3CC[C@]12C. The fraction of sp³-hybridized carbons (Fsp3) is 0.973. The Labute approximate surface area is 256 Å². The highest BCUT2D eigenvalue weighted by molar-refractivity contribution is 5.80.